The van der Waals surface area contributed by atoms with Gasteiger partial charge in [-0.25, -0.2) is 5.84 Å². The van der Waals surface area contributed by atoms with Crippen LogP contribution in [0.25, 0.3) is 10.9 Å². The first-order valence-corrected chi connectivity index (χ1v) is 13.7. The highest BCUT2D eigenvalue weighted by Gasteiger charge is 2.35. The summed E-state index contributed by atoms with van der Waals surface area (Å²) < 4.78 is 19.3. The van der Waals surface area contributed by atoms with E-state index in [1.165, 1.54) is 0 Å². The molecule has 3 atom stereocenters. The summed E-state index contributed by atoms with van der Waals surface area (Å²) in [5, 5.41) is 18.6. The number of nitrogen functional groups attached to an aromatic ring is 1. The number of nitrogens with two attached hydrogens (primary N) is 1. The monoisotopic (exact) mass is 531 g/mol. The molecule has 15 heteroatoms. The van der Waals surface area contributed by atoms with Crippen LogP contribution in [-0.2, 0) is 15.7 Å². The van der Waals surface area contributed by atoms with Gasteiger partial charge < -0.3 is 38.9 Å². The molecule has 37 heavy (non-hydrogen) atoms. The Morgan fingerprint density at radius 2 is 2.16 bits per heavy atom. The molecule has 200 valence electrons. The summed E-state index contributed by atoms with van der Waals surface area (Å²) in [7, 11) is -2.96. The van der Waals surface area contributed by atoms with Crippen LogP contribution < -0.4 is 26.2 Å². The Labute approximate surface area is 215 Å². The van der Waals surface area contributed by atoms with Crippen LogP contribution in [0.4, 0.5) is 11.9 Å². The summed E-state index contributed by atoms with van der Waals surface area (Å²) in [4.78, 5) is 40.2. The van der Waals surface area contributed by atoms with E-state index >= 15 is 0 Å². The fourth-order valence-corrected chi connectivity index (χ4v) is 4.89. The van der Waals surface area contributed by atoms with Gasteiger partial charge in [-0.2, -0.15) is 15.0 Å². The van der Waals surface area contributed by atoms with Gasteiger partial charge in [0.15, 0.2) is 5.82 Å². The van der Waals surface area contributed by atoms with Crippen molar-refractivity contribution in [3.63, 3.8) is 0 Å². The van der Waals surface area contributed by atoms with Gasteiger partial charge >= 0.3 is 0 Å². The standard InChI is InChI=1S/C22H30N8O6Si/c1-35-37(33,34)8-4-7-25-21-26-19(27-22(28-21)29-23)11-24-10-14-12-30(16-6-3-2-5-15(14)16)20-9-17(32)18(13-31)36-20/h2-3,5-6,10,12,17-18,20,31-32H,4,7-9,11,13,23H2,1H3,(H2,25,26,27,28,29)/q-2/t17?,18-,20-/m1/s1/i31D. The summed E-state index contributed by atoms with van der Waals surface area (Å²) in [5.74, 6) is 6.21. The molecule has 1 aromatic carbocycles. The SMILES string of the molecule is [2H]OC[C@H]1O[C@@H](n2cc(C=NCc3nc(NN)nc(NCCC[Si]([O-])([O-])OC)n3)c3ccccc32)CC1O. The minimum absolute atomic E-state index is 0.0133. The molecule has 1 unspecified atom stereocenters. The van der Waals surface area contributed by atoms with Gasteiger partial charge in [-0.05, 0) is 21.3 Å². The summed E-state index contributed by atoms with van der Waals surface area (Å²) in [6, 6.07) is 7.68. The van der Waals surface area contributed by atoms with Crippen molar-refractivity contribution in [2.75, 3.05) is 31.0 Å². The number of fused-ring (bicyclic) bond motifs is 1. The van der Waals surface area contributed by atoms with Gasteiger partial charge in [0, 0.05) is 43.4 Å². The highest BCUT2D eigenvalue weighted by Crippen LogP contribution is 2.33. The van der Waals surface area contributed by atoms with Gasteiger partial charge in [0.25, 0.3) is 0 Å². The molecular formula is C22H30N8O6Si-2. The molecule has 0 radical (unpaired) electrons. The van der Waals surface area contributed by atoms with Gasteiger partial charge in [0.05, 0.1) is 24.8 Å². The molecule has 6 N–H and O–H groups in total. The Kier molecular flexibility index (Phi) is 8.32. The van der Waals surface area contributed by atoms with Gasteiger partial charge in [-0.15, -0.1) is 0 Å². The minimum atomic E-state index is -4.11. The molecule has 0 spiro atoms. The van der Waals surface area contributed by atoms with Crippen molar-refractivity contribution in [3.05, 3.63) is 41.9 Å². The Morgan fingerprint density at radius 3 is 2.95 bits per heavy atom. The van der Waals surface area contributed by atoms with E-state index in [2.05, 4.69) is 40.2 Å². The maximum absolute atomic E-state index is 11.5. The predicted molar refractivity (Wildman–Crippen MR) is 133 cm³/mol. The Bertz CT molecular complexity index is 1250. The summed E-state index contributed by atoms with van der Waals surface area (Å²) in [6.07, 6.45) is 2.59. The third kappa shape index (κ3) is 6.65. The molecule has 1 aliphatic heterocycles. The minimum Gasteiger partial charge on any atom is -0.849 e. The fourth-order valence-electron chi connectivity index (χ4n) is 4.08. The van der Waals surface area contributed by atoms with E-state index in [0.717, 1.165) is 23.6 Å². The quantitative estimate of drug-likeness (QED) is 0.0559. The van der Waals surface area contributed by atoms with Crippen LogP contribution >= 0.6 is 0 Å². The second kappa shape index (κ2) is 12.0. The number of aliphatic imine (C=N–C) groups is 1. The summed E-state index contributed by atoms with van der Waals surface area (Å²) in [5.41, 5.74) is 4.14. The molecule has 4 rings (SSSR count). The van der Waals surface area contributed by atoms with E-state index in [1.807, 2.05) is 35.0 Å². The zero-order valence-corrected chi connectivity index (χ0v) is 21.2. The number of nitrogens with one attached hydrogen (secondary N) is 2. The van der Waals surface area contributed by atoms with Crippen molar-refractivity contribution in [2.24, 2.45) is 10.8 Å². The highest BCUT2D eigenvalue weighted by atomic mass is 28.4. The van der Waals surface area contributed by atoms with Gasteiger partial charge in [-0.3, -0.25) is 10.4 Å². The largest absolute Gasteiger partial charge is 0.849 e. The molecule has 3 heterocycles. The van der Waals surface area contributed by atoms with E-state index in [4.69, 9.17) is 12.0 Å². The average Bonchev–Trinajstić information content (AvgIpc) is 3.47. The molecule has 2 aromatic heterocycles. The lowest BCUT2D eigenvalue weighted by molar-refractivity contribution is -0.404. The molecular weight excluding hydrogens is 500 g/mol. The Hall–Kier alpha value is -3.02. The number of aliphatic hydroxyl groups excluding tert-OH is 2. The summed E-state index contributed by atoms with van der Waals surface area (Å²) >= 11 is 0. The third-order valence-electron chi connectivity index (χ3n) is 5.98. The molecule has 3 aromatic rings. The maximum Gasteiger partial charge on any atom is 0.242 e. The lowest BCUT2D eigenvalue weighted by Gasteiger charge is -2.44. The Balaban J connectivity index is 1.46. The lowest BCUT2D eigenvalue weighted by atomic mass is 10.2. The van der Waals surface area contributed by atoms with Gasteiger partial charge in [0.2, 0.25) is 13.3 Å². The van der Waals surface area contributed by atoms with E-state index in [-0.39, 0.29) is 31.1 Å². The number of hydrazine groups is 1. The molecule has 0 aliphatic carbocycles. The summed E-state index contributed by atoms with van der Waals surface area (Å²) in [6.45, 7) is 0.430. The van der Waals surface area contributed by atoms with Crippen LogP contribution in [-0.4, -0.2) is 78.7 Å². The first-order chi connectivity index (χ1) is 18.3. The van der Waals surface area contributed by atoms with E-state index in [1.54, 1.807) is 6.21 Å². The number of rotatable bonds is 13. The van der Waals surface area contributed by atoms with Crippen molar-refractivity contribution in [3.8, 4) is 0 Å². The number of aromatic nitrogens is 4. The van der Waals surface area contributed by atoms with E-state index in [9.17, 15) is 14.7 Å². The zero-order valence-electron chi connectivity index (χ0n) is 21.2. The second-order valence-corrected chi connectivity index (χ2v) is 10.8. The lowest BCUT2D eigenvalue weighted by Crippen LogP contribution is -2.64. The number of anilines is 2. The number of nitrogens with zero attached hydrogens (tertiary/aromatic N) is 5. The third-order valence-corrected chi connectivity index (χ3v) is 7.57. The second-order valence-electron chi connectivity index (χ2n) is 8.54. The molecule has 0 saturated carbocycles. The molecule has 1 fully saturated rings. The molecule has 1 saturated heterocycles. The normalized spacial score (nSPS) is 20.6. The number of aliphatic hydroxyl groups is 2. The molecule has 0 amide bonds. The molecule has 0 bridgehead atoms. The fraction of sp³-hybridized carbons (Fsp3) is 0.455. The average molecular weight is 532 g/mol. The van der Waals surface area contributed by atoms with E-state index in [0.29, 0.717) is 25.2 Å². The maximum atomic E-state index is 11.5. The van der Waals surface area contributed by atoms with Crippen LogP contribution in [0, 0.1) is 0 Å². The van der Waals surface area contributed by atoms with Crippen LogP contribution in [0.5, 0.6) is 0 Å². The first kappa shape index (κ1) is 25.6. The molecule has 14 nitrogen and oxygen atoms in total. The number of hydrogen-bond donors (Lipinski definition) is 5. The molecule has 1 aliphatic rings. The zero-order chi connectivity index (χ0) is 27.1. The Morgan fingerprint density at radius 1 is 1.35 bits per heavy atom. The van der Waals surface area contributed by atoms with Crippen LogP contribution in [0.15, 0.2) is 35.5 Å². The number of ether oxygens (including phenoxy) is 1. The van der Waals surface area contributed by atoms with Crippen molar-refractivity contribution < 1.29 is 29.0 Å². The highest BCUT2D eigenvalue weighted by molar-refractivity contribution is 6.53. The number of benzene rings is 1. The van der Waals surface area contributed by atoms with Gasteiger partial charge in [-0.1, -0.05) is 24.2 Å². The number of hydrogen-bond acceptors (Lipinski definition) is 13. The predicted octanol–water partition coefficient (Wildman–Crippen LogP) is -1.52. The van der Waals surface area contributed by atoms with Crippen LogP contribution in [0.1, 0.15) is 30.5 Å². The van der Waals surface area contributed by atoms with Crippen molar-refractivity contribution in [1.82, 2.24) is 19.5 Å². The topological polar surface area (TPSA) is 211 Å². The van der Waals surface area contributed by atoms with E-state index < -0.39 is 27.2 Å². The van der Waals surface area contributed by atoms with Crippen molar-refractivity contribution in [1.29, 1.82) is 1.43 Å². The van der Waals surface area contributed by atoms with Gasteiger partial charge in [0.1, 0.15) is 12.3 Å². The smallest absolute Gasteiger partial charge is 0.242 e. The van der Waals surface area contributed by atoms with Crippen LogP contribution in [0.3, 0.4) is 0 Å². The van der Waals surface area contributed by atoms with Crippen LogP contribution in [0.2, 0.25) is 6.04 Å². The van der Waals surface area contributed by atoms with Crippen molar-refractivity contribution >= 4 is 37.8 Å². The first-order valence-electron chi connectivity index (χ1n) is 12.2. The van der Waals surface area contributed by atoms with Crippen molar-refractivity contribution in [2.45, 2.75) is 43.9 Å². The number of para-hydroxylation sites is 1.